The number of carbonyl (C=O) groups is 2. The first-order chi connectivity index (χ1) is 13.9. The molecule has 0 aromatic rings. The van der Waals surface area contributed by atoms with Crippen molar-refractivity contribution in [1.29, 1.82) is 0 Å². The van der Waals surface area contributed by atoms with Crippen molar-refractivity contribution >= 4 is 11.9 Å². The van der Waals surface area contributed by atoms with E-state index in [1.54, 1.807) is 13.8 Å². The lowest BCUT2D eigenvalue weighted by atomic mass is 10.0. The summed E-state index contributed by atoms with van der Waals surface area (Å²) in [6, 6.07) is 0. The van der Waals surface area contributed by atoms with Crippen molar-refractivity contribution in [3.63, 3.8) is 0 Å². The van der Waals surface area contributed by atoms with Gasteiger partial charge in [0.15, 0.2) is 0 Å². The molecule has 0 N–H and O–H groups in total. The van der Waals surface area contributed by atoms with Crippen molar-refractivity contribution in [3.05, 3.63) is 24.3 Å². The summed E-state index contributed by atoms with van der Waals surface area (Å²) in [5.74, 6) is -0.886. The highest BCUT2D eigenvalue weighted by Crippen LogP contribution is 2.15. The molecular weight excluding hydrogens is 364 g/mol. The molecule has 0 amide bonds. The molecule has 0 bridgehead atoms. The van der Waals surface area contributed by atoms with Gasteiger partial charge in [-0.2, -0.15) is 0 Å². The molecule has 0 fully saturated rings. The lowest BCUT2D eigenvalue weighted by Gasteiger charge is -2.18. The fourth-order valence-corrected chi connectivity index (χ4v) is 3.11. The first-order valence-electron chi connectivity index (χ1n) is 11.6. The van der Waals surface area contributed by atoms with Gasteiger partial charge in [-0.3, -0.25) is 0 Å². The Morgan fingerprint density at radius 3 is 1.52 bits per heavy atom. The summed E-state index contributed by atoms with van der Waals surface area (Å²) in [6.45, 7) is 12.7. The van der Waals surface area contributed by atoms with Crippen LogP contribution in [0.25, 0.3) is 0 Å². The minimum atomic E-state index is -0.452. The van der Waals surface area contributed by atoms with E-state index in [0.29, 0.717) is 17.6 Å². The molecule has 0 radical (unpaired) electrons. The highest BCUT2D eigenvalue weighted by molar-refractivity contribution is 5.87. The van der Waals surface area contributed by atoms with Gasteiger partial charge in [-0.15, -0.1) is 0 Å². The number of ether oxygens (including phenoxy) is 2. The zero-order valence-corrected chi connectivity index (χ0v) is 19.2. The van der Waals surface area contributed by atoms with Crippen LogP contribution in [0.5, 0.6) is 0 Å². The highest BCUT2D eigenvalue weighted by atomic mass is 16.6. The van der Waals surface area contributed by atoms with Crippen LogP contribution in [-0.4, -0.2) is 24.6 Å². The van der Waals surface area contributed by atoms with Gasteiger partial charge in [0.1, 0.15) is 12.7 Å². The number of esters is 2. The SMILES string of the molecule is C=C(C)C(=O)OCC(CCCCCCCCCCCCCCC)OC(=O)C(=C)C. The third-order valence-electron chi connectivity index (χ3n) is 5.00. The zero-order valence-electron chi connectivity index (χ0n) is 19.2. The van der Waals surface area contributed by atoms with Gasteiger partial charge in [-0.05, 0) is 26.7 Å². The van der Waals surface area contributed by atoms with E-state index in [1.165, 1.54) is 70.6 Å². The van der Waals surface area contributed by atoms with E-state index in [4.69, 9.17) is 9.47 Å². The topological polar surface area (TPSA) is 52.6 Å². The van der Waals surface area contributed by atoms with Crippen LogP contribution in [0.1, 0.15) is 111 Å². The standard InChI is InChI=1S/C25H44O4/c1-6-7-8-9-10-11-12-13-14-15-16-17-18-19-23(29-25(27)22(4)5)20-28-24(26)21(2)3/h23H,2,4,6-20H2,1,3,5H3. The van der Waals surface area contributed by atoms with Crippen LogP contribution in [0.3, 0.4) is 0 Å². The predicted molar refractivity (Wildman–Crippen MR) is 121 cm³/mol. The van der Waals surface area contributed by atoms with E-state index >= 15 is 0 Å². The normalized spacial score (nSPS) is 11.7. The summed E-state index contributed by atoms with van der Waals surface area (Å²) in [7, 11) is 0. The van der Waals surface area contributed by atoms with Crippen LogP contribution < -0.4 is 0 Å². The maximum atomic E-state index is 11.8. The molecule has 4 nitrogen and oxygen atoms in total. The van der Waals surface area contributed by atoms with Crippen molar-refractivity contribution in [2.75, 3.05) is 6.61 Å². The van der Waals surface area contributed by atoms with E-state index in [9.17, 15) is 9.59 Å². The molecule has 1 unspecified atom stereocenters. The van der Waals surface area contributed by atoms with Gasteiger partial charge in [0.25, 0.3) is 0 Å². The van der Waals surface area contributed by atoms with Crippen LogP contribution in [0, 0.1) is 0 Å². The Bertz CT molecular complexity index is 481. The van der Waals surface area contributed by atoms with Crippen LogP contribution in [0.15, 0.2) is 24.3 Å². The Hall–Kier alpha value is -1.58. The number of unbranched alkanes of at least 4 members (excludes halogenated alkanes) is 12. The fourth-order valence-electron chi connectivity index (χ4n) is 3.11. The maximum absolute atomic E-state index is 11.8. The lowest BCUT2D eigenvalue weighted by Crippen LogP contribution is -2.25. The minimum absolute atomic E-state index is 0.0724. The molecular formula is C25H44O4. The fraction of sp³-hybridized carbons (Fsp3) is 0.760. The van der Waals surface area contributed by atoms with Crippen molar-refractivity contribution in [3.8, 4) is 0 Å². The maximum Gasteiger partial charge on any atom is 0.333 e. The van der Waals surface area contributed by atoms with E-state index in [1.807, 2.05) is 0 Å². The molecule has 29 heavy (non-hydrogen) atoms. The van der Waals surface area contributed by atoms with E-state index in [0.717, 1.165) is 12.8 Å². The van der Waals surface area contributed by atoms with Gasteiger partial charge in [-0.1, -0.05) is 97.1 Å². The number of hydrogen-bond donors (Lipinski definition) is 0. The Labute approximate surface area is 179 Å². The summed E-state index contributed by atoms with van der Waals surface area (Å²) in [6.07, 6.45) is 17.0. The molecule has 0 saturated carbocycles. The van der Waals surface area contributed by atoms with E-state index in [2.05, 4.69) is 20.1 Å². The highest BCUT2D eigenvalue weighted by Gasteiger charge is 2.17. The second-order valence-electron chi connectivity index (χ2n) is 8.22. The zero-order chi connectivity index (χ0) is 21.9. The molecule has 0 aliphatic heterocycles. The first kappa shape index (κ1) is 27.4. The molecule has 4 heteroatoms. The summed E-state index contributed by atoms with van der Waals surface area (Å²) < 4.78 is 10.6. The summed E-state index contributed by atoms with van der Waals surface area (Å²) in [4.78, 5) is 23.4. The molecule has 0 aliphatic rings. The molecule has 0 heterocycles. The monoisotopic (exact) mass is 408 g/mol. The molecule has 0 aromatic carbocycles. The van der Waals surface area contributed by atoms with Gasteiger partial charge >= 0.3 is 11.9 Å². The second kappa shape index (κ2) is 18.4. The third-order valence-corrected chi connectivity index (χ3v) is 5.00. The Morgan fingerprint density at radius 2 is 1.10 bits per heavy atom. The number of carbonyl (C=O) groups excluding carboxylic acids is 2. The first-order valence-corrected chi connectivity index (χ1v) is 11.6. The molecule has 0 saturated heterocycles. The quantitative estimate of drug-likeness (QED) is 0.130. The van der Waals surface area contributed by atoms with Gasteiger partial charge in [-0.25, -0.2) is 9.59 Å². The molecule has 0 rings (SSSR count). The van der Waals surface area contributed by atoms with Gasteiger partial charge < -0.3 is 9.47 Å². The van der Waals surface area contributed by atoms with Crippen molar-refractivity contribution in [2.45, 2.75) is 117 Å². The molecule has 0 spiro atoms. The van der Waals surface area contributed by atoms with Crippen LogP contribution in [0.4, 0.5) is 0 Å². The molecule has 168 valence electrons. The Morgan fingerprint density at radius 1 is 0.690 bits per heavy atom. The number of hydrogen-bond acceptors (Lipinski definition) is 4. The summed E-state index contributed by atoms with van der Waals surface area (Å²) >= 11 is 0. The number of rotatable bonds is 19. The average Bonchev–Trinajstić information content (AvgIpc) is 2.68. The second-order valence-corrected chi connectivity index (χ2v) is 8.22. The van der Waals surface area contributed by atoms with Gasteiger partial charge in [0.05, 0.1) is 0 Å². The third kappa shape index (κ3) is 17.0. The molecule has 0 aromatic heterocycles. The van der Waals surface area contributed by atoms with E-state index < -0.39 is 18.0 Å². The summed E-state index contributed by atoms with van der Waals surface area (Å²) in [5, 5.41) is 0. The van der Waals surface area contributed by atoms with Crippen molar-refractivity contribution < 1.29 is 19.1 Å². The molecule has 0 aliphatic carbocycles. The Balaban J connectivity index is 3.83. The van der Waals surface area contributed by atoms with Gasteiger partial charge in [0, 0.05) is 11.1 Å². The minimum Gasteiger partial charge on any atom is -0.458 e. The van der Waals surface area contributed by atoms with Crippen LogP contribution in [0.2, 0.25) is 0 Å². The van der Waals surface area contributed by atoms with Crippen molar-refractivity contribution in [1.82, 2.24) is 0 Å². The lowest BCUT2D eigenvalue weighted by molar-refractivity contribution is -0.154. The molecule has 1 atom stereocenters. The summed E-state index contributed by atoms with van der Waals surface area (Å²) in [5.41, 5.74) is 0.697. The van der Waals surface area contributed by atoms with Crippen molar-refractivity contribution in [2.24, 2.45) is 0 Å². The van der Waals surface area contributed by atoms with Crippen LogP contribution >= 0.6 is 0 Å². The Kier molecular flexibility index (Phi) is 17.4. The van der Waals surface area contributed by atoms with Gasteiger partial charge in [0.2, 0.25) is 0 Å². The van der Waals surface area contributed by atoms with Crippen LogP contribution in [-0.2, 0) is 19.1 Å². The largest absolute Gasteiger partial charge is 0.458 e. The average molecular weight is 409 g/mol. The predicted octanol–water partition coefficient (Wildman–Crippen LogP) is 7.07. The van der Waals surface area contributed by atoms with E-state index in [-0.39, 0.29) is 6.61 Å². The smallest absolute Gasteiger partial charge is 0.333 e.